The van der Waals surface area contributed by atoms with Crippen molar-refractivity contribution in [2.24, 2.45) is 0 Å². The molecular formula is C19H13Br2NO2. The van der Waals surface area contributed by atoms with Gasteiger partial charge in [-0.1, -0.05) is 62.2 Å². The molecule has 0 N–H and O–H groups in total. The van der Waals surface area contributed by atoms with Crippen molar-refractivity contribution in [2.75, 3.05) is 6.54 Å². The largest absolute Gasteiger partial charge is 0.270 e. The van der Waals surface area contributed by atoms with Crippen LogP contribution < -0.4 is 0 Å². The minimum absolute atomic E-state index is 0.192. The van der Waals surface area contributed by atoms with E-state index in [1.165, 1.54) is 4.90 Å². The molecule has 2 aromatic carbocycles. The first-order valence-electron chi connectivity index (χ1n) is 7.26. The molecule has 2 amide bonds. The van der Waals surface area contributed by atoms with Crippen LogP contribution in [0.2, 0.25) is 0 Å². The summed E-state index contributed by atoms with van der Waals surface area (Å²) in [6.07, 6.45) is 1.56. The van der Waals surface area contributed by atoms with E-state index in [1.54, 1.807) is 6.08 Å². The van der Waals surface area contributed by atoms with Crippen LogP contribution in [-0.2, 0) is 9.59 Å². The quantitative estimate of drug-likeness (QED) is 0.505. The third-order valence-electron chi connectivity index (χ3n) is 3.75. The van der Waals surface area contributed by atoms with E-state index >= 15 is 0 Å². The van der Waals surface area contributed by atoms with Gasteiger partial charge in [-0.25, -0.2) is 0 Å². The molecule has 5 heteroatoms. The van der Waals surface area contributed by atoms with Gasteiger partial charge in [-0.2, -0.15) is 0 Å². The molecule has 0 aromatic heterocycles. The lowest BCUT2D eigenvalue weighted by Crippen LogP contribution is -2.31. The molecule has 0 saturated heterocycles. The predicted octanol–water partition coefficient (Wildman–Crippen LogP) is 4.68. The van der Waals surface area contributed by atoms with E-state index in [9.17, 15) is 9.59 Å². The highest BCUT2D eigenvalue weighted by atomic mass is 79.9. The Labute approximate surface area is 156 Å². The summed E-state index contributed by atoms with van der Waals surface area (Å²) in [5, 5.41) is 0. The van der Waals surface area contributed by atoms with Gasteiger partial charge in [0, 0.05) is 15.5 Å². The van der Waals surface area contributed by atoms with Crippen LogP contribution in [0.1, 0.15) is 11.1 Å². The van der Waals surface area contributed by atoms with Gasteiger partial charge in [-0.05, 0) is 35.4 Å². The molecule has 3 rings (SSSR count). The van der Waals surface area contributed by atoms with E-state index in [0.29, 0.717) is 11.1 Å². The lowest BCUT2D eigenvalue weighted by molar-refractivity contribution is -0.135. The Morgan fingerprint density at radius 2 is 1.17 bits per heavy atom. The molecule has 1 aliphatic heterocycles. The highest BCUT2D eigenvalue weighted by molar-refractivity contribution is 9.10. The first kappa shape index (κ1) is 16.9. The molecular weight excluding hydrogens is 434 g/mol. The molecule has 0 aliphatic carbocycles. The third-order valence-corrected chi connectivity index (χ3v) is 4.80. The van der Waals surface area contributed by atoms with Gasteiger partial charge in [0.15, 0.2) is 0 Å². The second kappa shape index (κ2) is 6.87. The third kappa shape index (κ3) is 3.01. The SMILES string of the molecule is C=CCN1C(=O)C(c2ccc(Br)cc2)=C(c2ccc(Br)cc2)C1=O. The van der Waals surface area contributed by atoms with Crippen LogP contribution >= 0.6 is 31.9 Å². The van der Waals surface area contributed by atoms with Crippen molar-refractivity contribution in [3.63, 3.8) is 0 Å². The Kier molecular flexibility index (Phi) is 4.83. The van der Waals surface area contributed by atoms with E-state index in [-0.39, 0.29) is 18.4 Å². The zero-order valence-corrected chi connectivity index (χ0v) is 15.8. The lowest BCUT2D eigenvalue weighted by Gasteiger charge is -2.12. The van der Waals surface area contributed by atoms with Crippen LogP contribution in [0.5, 0.6) is 0 Å². The molecule has 1 heterocycles. The van der Waals surface area contributed by atoms with Crippen LogP contribution in [0.15, 0.2) is 70.1 Å². The summed E-state index contributed by atoms with van der Waals surface area (Å²) in [7, 11) is 0. The normalized spacial score (nSPS) is 14.5. The van der Waals surface area contributed by atoms with Crippen molar-refractivity contribution >= 4 is 54.8 Å². The fourth-order valence-corrected chi connectivity index (χ4v) is 3.17. The van der Waals surface area contributed by atoms with Crippen LogP contribution in [0.25, 0.3) is 11.1 Å². The van der Waals surface area contributed by atoms with Gasteiger partial charge in [-0.3, -0.25) is 14.5 Å². The number of carbonyl (C=O) groups excluding carboxylic acids is 2. The second-order valence-corrected chi connectivity index (χ2v) is 7.10. The van der Waals surface area contributed by atoms with Crippen LogP contribution in [0.3, 0.4) is 0 Å². The number of hydrogen-bond donors (Lipinski definition) is 0. The molecule has 3 nitrogen and oxygen atoms in total. The molecule has 0 atom stereocenters. The zero-order valence-electron chi connectivity index (χ0n) is 12.6. The number of halogens is 2. The summed E-state index contributed by atoms with van der Waals surface area (Å²) in [6, 6.07) is 14.8. The standard InChI is InChI=1S/C19H13Br2NO2/c1-2-11-22-18(23)16(12-3-7-14(20)8-4-12)17(19(22)24)13-5-9-15(21)10-6-13/h2-10H,1,11H2. The van der Waals surface area contributed by atoms with Crippen molar-refractivity contribution in [3.05, 3.63) is 81.3 Å². The number of benzene rings is 2. The topological polar surface area (TPSA) is 37.4 Å². The Bertz CT molecular complexity index is 784. The fraction of sp³-hybridized carbons (Fsp3) is 0.0526. The van der Waals surface area contributed by atoms with Crippen LogP contribution in [0, 0.1) is 0 Å². The number of amides is 2. The molecule has 0 radical (unpaired) electrons. The van der Waals surface area contributed by atoms with E-state index in [1.807, 2.05) is 48.5 Å². The fourth-order valence-electron chi connectivity index (χ4n) is 2.64. The average Bonchev–Trinajstić information content (AvgIpc) is 2.82. The van der Waals surface area contributed by atoms with Gasteiger partial charge in [0.2, 0.25) is 0 Å². The minimum atomic E-state index is -0.292. The van der Waals surface area contributed by atoms with Crippen molar-refractivity contribution < 1.29 is 9.59 Å². The second-order valence-electron chi connectivity index (χ2n) is 5.27. The molecule has 0 spiro atoms. The summed E-state index contributed by atoms with van der Waals surface area (Å²) in [5.74, 6) is -0.583. The van der Waals surface area contributed by atoms with Crippen LogP contribution in [-0.4, -0.2) is 23.3 Å². The number of nitrogens with zero attached hydrogens (tertiary/aromatic N) is 1. The maximum Gasteiger partial charge on any atom is 0.262 e. The van der Waals surface area contributed by atoms with Crippen molar-refractivity contribution in [1.82, 2.24) is 4.90 Å². The van der Waals surface area contributed by atoms with E-state index in [0.717, 1.165) is 20.1 Å². The number of rotatable bonds is 4. The van der Waals surface area contributed by atoms with E-state index in [4.69, 9.17) is 0 Å². The molecule has 0 bridgehead atoms. The molecule has 0 saturated carbocycles. The Morgan fingerprint density at radius 1 is 0.792 bits per heavy atom. The Balaban J connectivity index is 2.20. The average molecular weight is 447 g/mol. The summed E-state index contributed by atoms with van der Waals surface area (Å²) < 4.78 is 1.83. The first-order chi connectivity index (χ1) is 11.5. The van der Waals surface area contributed by atoms with Crippen molar-refractivity contribution in [2.45, 2.75) is 0 Å². The minimum Gasteiger partial charge on any atom is -0.270 e. The van der Waals surface area contributed by atoms with Gasteiger partial charge in [-0.15, -0.1) is 6.58 Å². The van der Waals surface area contributed by atoms with E-state index < -0.39 is 0 Å². The first-order valence-corrected chi connectivity index (χ1v) is 8.84. The maximum absolute atomic E-state index is 12.8. The Hall–Kier alpha value is -1.98. The predicted molar refractivity (Wildman–Crippen MR) is 102 cm³/mol. The summed E-state index contributed by atoms with van der Waals surface area (Å²) in [6.45, 7) is 3.83. The maximum atomic E-state index is 12.8. The molecule has 2 aromatic rings. The van der Waals surface area contributed by atoms with Gasteiger partial charge >= 0.3 is 0 Å². The summed E-state index contributed by atoms with van der Waals surface area (Å²) in [5.41, 5.74) is 2.30. The van der Waals surface area contributed by atoms with Gasteiger partial charge in [0.25, 0.3) is 11.8 Å². The van der Waals surface area contributed by atoms with Crippen molar-refractivity contribution in [3.8, 4) is 0 Å². The van der Waals surface area contributed by atoms with Crippen molar-refractivity contribution in [1.29, 1.82) is 0 Å². The van der Waals surface area contributed by atoms with Gasteiger partial charge in [0.05, 0.1) is 11.1 Å². The van der Waals surface area contributed by atoms with Crippen LogP contribution in [0.4, 0.5) is 0 Å². The van der Waals surface area contributed by atoms with Gasteiger partial charge < -0.3 is 0 Å². The number of imide groups is 1. The molecule has 0 fully saturated rings. The molecule has 24 heavy (non-hydrogen) atoms. The summed E-state index contributed by atoms with van der Waals surface area (Å²) in [4.78, 5) is 26.9. The lowest BCUT2D eigenvalue weighted by atomic mass is 9.96. The highest BCUT2D eigenvalue weighted by Crippen LogP contribution is 2.36. The molecule has 0 unspecified atom stereocenters. The number of hydrogen-bond acceptors (Lipinski definition) is 2. The van der Waals surface area contributed by atoms with E-state index in [2.05, 4.69) is 38.4 Å². The zero-order chi connectivity index (χ0) is 17.3. The Morgan fingerprint density at radius 3 is 1.50 bits per heavy atom. The molecule has 120 valence electrons. The molecule has 1 aliphatic rings. The highest BCUT2D eigenvalue weighted by Gasteiger charge is 2.38. The smallest absolute Gasteiger partial charge is 0.262 e. The summed E-state index contributed by atoms with van der Waals surface area (Å²) >= 11 is 6.78. The number of carbonyl (C=O) groups is 2. The monoisotopic (exact) mass is 445 g/mol. The van der Waals surface area contributed by atoms with Gasteiger partial charge in [0.1, 0.15) is 0 Å².